The maximum atomic E-state index is 12.5. The SMILES string of the molecule is O=Cc1ccccc1[Se](=O)[Se](=O)c1ccccc1C=O. The van der Waals surface area contributed by atoms with E-state index in [-0.39, 0.29) is 0 Å². The van der Waals surface area contributed by atoms with Gasteiger partial charge in [-0.05, 0) is 0 Å². The van der Waals surface area contributed by atoms with Gasteiger partial charge in [-0.1, -0.05) is 0 Å². The molecule has 0 aliphatic rings. The van der Waals surface area contributed by atoms with E-state index in [1.807, 2.05) is 0 Å². The quantitative estimate of drug-likeness (QED) is 0.537. The van der Waals surface area contributed by atoms with Gasteiger partial charge in [0.05, 0.1) is 0 Å². The van der Waals surface area contributed by atoms with E-state index in [1.54, 1.807) is 48.5 Å². The molecule has 0 amide bonds. The van der Waals surface area contributed by atoms with E-state index >= 15 is 0 Å². The first-order chi connectivity index (χ1) is 9.69. The van der Waals surface area contributed by atoms with Gasteiger partial charge < -0.3 is 0 Å². The molecule has 0 fully saturated rings. The Labute approximate surface area is 122 Å². The standard InChI is InChI=1S/C14H10O4Se2/c15-9-11-5-1-3-7-13(11)19(17)20(18)14-8-4-2-6-12(14)10-16/h1-10H. The average molecular weight is 400 g/mol. The summed E-state index contributed by atoms with van der Waals surface area (Å²) in [4.78, 5) is 21.9. The molecule has 20 heavy (non-hydrogen) atoms. The molecule has 2 aromatic rings. The molecule has 2 atom stereocenters. The summed E-state index contributed by atoms with van der Waals surface area (Å²) >= 11 is -5.79. The van der Waals surface area contributed by atoms with Crippen molar-refractivity contribution in [2.45, 2.75) is 0 Å². The van der Waals surface area contributed by atoms with Gasteiger partial charge in [0.15, 0.2) is 0 Å². The monoisotopic (exact) mass is 402 g/mol. The molecule has 0 saturated heterocycles. The van der Waals surface area contributed by atoms with Crippen LogP contribution in [-0.2, 0) is 7.67 Å². The minimum absolute atomic E-state index is 0.292. The van der Waals surface area contributed by atoms with Gasteiger partial charge >= 0.3 is 122 Å². The molecule has 6 heteroatoms. The van der Waals surface area contributed by atoms with Crippen LogP contribution in [0.3, 0.4) is 0 Å². The molecule has 4 nitrogen and oxygen atoms in total. The van der Waals surface area contributed by atoms with E-state index in [9.17, 15) is 17.3 Å². The molecule has 2 rings (SSSR count). The Morgan fingerprint density at radius 2 is 1.00 bits per heavy atom. The van der Waals surface area contributed by atoms with E-state index < -0.39 is 24.0 Å². The van der Waals surface area contributed by atoms with Crippen LogP contribution in [0.2, 0.25) is 0 Å². The predicted octanol–water partition coefficient (Wildman–Crippen LogP) is 0.348. The fourth-order valence-corrected chi connectivity index (χ4v) is 11.3. The predicted molar refractivity (Wildman–Crippen MR) is 75.8 cm³/mol. The Morgan fingerprint density at radius 3 is 1.35 bits per heavy atom. The molecular formula is C14H10O4Se2. The van der Waals surface area contributed by atoms with Gasteiger partial charge in [-0.3, -0.25) is 0 Å². The zero-order valence-corrected chi connectivity index (χ0v) is 13.6. The summed E-state index contributed by atoms with van der Waals surface area (Å²) < 4.78 is 25.6. The Morgan fingerprint density at radius 1 is 0.650 bits per heavy atom. The first kappa shape index (κ1) is 14.8. The summed E-state index contributed by atoms with van der Waals surface area (Å²) in [5.41, 5.74) is 0.585. The van der Waals surface area contributed by atoms with Crippen molar-refractivity contribution >= 4 is 45.5 Å². The van der Waals surface area contributed by atoms with Crippen molar-refractivity contribution in [1.29, 1.82) is 0 Å². The third-order valence-electron chi connectivity index (χ3n) is 2.59. The van der Waals surface area contributed by atoms with Crippen molar-refractivity contribution in [3.63, 3.8) is 0 Å². The topological polar surface area (TPSA) is 68.3 Å². The van der Waals surface area contributed by atoms with Crippen LogP contribution in [0.1, 0.15) is 20.7 Å². The van der Waals surface area contributed by atoms with Gasteiger partial charge in [0.1, 0.15) is 0 Å². The summed E-state index contributed by atoms with van der Waals surface area (Å²) in [7, 11) is 0. The van der Waals surface area contributed by atoms with Gasteiger partial charge in [-0.2, -0.15) is 0 Å². The second kappa shape index (κ2) is 6.73. The second-order valence-electron chi connectivity index (χ2n) is 3.78. The summed E-state index contributed by atoms with van der Waals surface area (Å²) in [5, 5.41) is 0. The van der Waals surface area contributed by atoms with Gasteiger partial charge in [0, 0.05) is 0 Å². The van der Waals surface area contributed by atoms with Crippen molar-refractivity contribution in [1.82, 2.24) is 0 Å². The number of carbonyl (C=O) groups is 2. The molecule has 102 valence electrons. The Bertz CT molecular complexity index is 648. The zero-order chi connectivity index (χ0) is 14.5. The average Bonchev–Trinajstić information content (AvgIpc) is 2.53. The molecule has 2 unspecified atom stereocenters. The van der Waals surface area contributed by atoms with Crippen LogP contribution < -0.4 is 8.92 Å². The zero-order valence-electron chi connectivity index (χ0n) is 10.2. The van der Waals surface area contributed by atoms with Gasteiger partial charge in [0.2, 0.25) is 0 Å². The van der Waals surface area contributed by atoms with Gasteiger partial charge in [-0.15, -0.1) is 0 Å². The number of hydrogen-bond acceptors (Lipinski definition) is 4. The normalized spacial score (nSPS) is 13.4. The molecule has 2 aromatic carbocycles. The van der Waals surface area contributed by atoms with Gasteiger partial charge in [-0.25, -0.2) is 0 Å². The van der Waals surface area contributed by atoms with Crippen molar-refractivity contribution in [3.05, 3.63) is 59.7 Å². The van der Waals surface area contributed by atoms with Crippen LogP contribution in [0.25, 0.3) is 0 Å². The Balaban J connectivity index is 2.46. The van der Waals surface area contributed by atoms with Crippen molar-refractivity contribution < 1.29 is 17.3 Å². The molecule has 0 heterocycles. The van der Waals surface area contributed by atoms with Crippen molar-refractivity contribution in [3.8, 4) is 0 Å². The van der Waals surface area contributed by atoms with E-state index in [2.05, 4.69) is 0 Å². The minimum atomic E-state index is -2.90. The van der Waals surface area contributed by atoms with Crippen LogP contribution in [0.15, 0.2) is 48.5 Å². The van der Waals surface area contributed by atoms with E-state index in [4.69, 9.17) is 0 Å². The number of hydrogen-bond donors (Lipinski definition) is 0. The third kappa shape index (κ3) is 2.94. The molecule has 0 aliphatic heterocycles. The Hall–Kier alpha value is -1.58. The number of rotatable bonds is 5. The summed E-state index contributed by atoms with van der Waals surface area (Å²) in [6.45, 7) is 0. The van der Waals surface area contributed by atoms with Gasteiger partial charge in [0.25, 0.3) is 0 Å². The number of aldehydes is 2. The summed E-state index contributed by atoms with van der Waals surface area (Å²) in [6, 6.07) is 12.8. The van der Waals surface area contributed by atoms with Crippen LogP contribution in [0.4, 0.5) is 0 Å². The molecule has 0 aromatic heterocycles. The third-order valence-corrected chi connectivity index (χ3v) is 13.1. The van der Waals surface area contributed by atoms with Crippen LogP contribution in [-0.4, -0.2) is 36.6 Å². The molecule has 0 spiro atoms. The van der Waals surface area contributed by atoms with Crippen molar-refractivity contribution in [2.24, 2.45) is 0 Å². The molecule has 0 bridgehead atoms. The van der Waals surface area contributed by atoms with Crippen LogP contribution >= 0.6 is 0 Å². The Kier molecular flexibility index (Phi) is 4.99. The fraction of sp³-hybridized carbons (Fsp3) is 0. The number of benzene rings is 2. The van der Waals surface area contributed by atoms with Crippen LogP contribution in [0, 0.1) is 0 Å². The second-order valence-corrected chi connectivity index (χ2v) is 14.2. The molecule has 0 radical (unpaired) electrons. The molecule has 0 saturated carbocycles. The number of carbonyl (C=O) groups excluding carboxylic acids is 2. The first-order valence-electron chi connectivity index (χ1n) is 5.61. The first-order valence-corrected chi connectivity index (χ1v) is 13.1. The van der Waals surface area contributed by atoms with E-state index in [1.165, 1.54) is 0 Å². The van der Waals surface area contributed by atoms with Crippen LogP contribution in [0.5, 0.6) is 0 Å². The summed E-state index contributed by atoms with van der Waals surface area (Å²) in [5.74, 6) is 0. The molecular weight excluding hydrogens is 390 g/mol. The maximum absolute atomic E-state index is 12.5. The fourth-order valence-electron chi connectivity index (χ4n) is 1.62. The molecule has 0 aliphatic carbocycles. The van der Waals surface area contributed by atoms with Crippen molar-refractivity contribution in [2.75, 3.05) is 0 Å². The van der Waals surface area contributed by atoms with E-state index in [0.717, 1.165) is 0 Å². The summed E-state index contributed by atoms with van der Waals surface area (Å²) in [6.07, 6.45) is 1.21. The van der Waals surface area contributed by atoms with E-state index in [0.29, 0.717) is 32.6 Å². The molecule has 0 N–H and O–H groups in total.